The van der Waals surface area contributed by atoms with Crippen LogP contribution in [0.15, 0.2) is 0 Å². The number of carboxylic acids is 1. The highest BCUT2D eigenvalue weighted by Crippen LogP contribution is 2.00. The maximum absolute atomic E-state index is 10.5. The Morgan fingerprint density at radius 1 is 1.21 bits per heavy atom. The summed E-state index contributed by atoms with van der Waals surface area (Å²) in [4.78, 5) is 31.3. The van der Waals surface area contributed by atoms with Gasteiger partial charge in [0.2, 0.25) is 6.10 Å². The van der Waals surface area contributed by atoms with Gasteiger partial charge in [-0.1, -0.05) is 0 Å². The van der Waals surface area contributed by atoms with Crippen LogP contribution in [-0.2, 0) is 23.9 Å². The molecule has 0 fully saturated rings. The van der Waals surface area contributed by atoms with Crippen LogP contribution in [0.25, 0.3) is 0 Å². The van der Waals surface area contributed by atoms with E-state index in [1.165, 1.54) is 6.92 Å². The number of esters is 2. The van der Waals surface area contributed by atoms with Crippen molar-refractivity contribution in [2.24, 2.45) is 0 Å². The molecule has 0 aliphatic heterocycles. The lowest BCUT2D eigenvalue weighted by Gasteiger charge is -2.11. The van der Waals surface area contributed by atoms with Crippen molar-refractivity contribution in [3.05, 3.63) is 0 Å². The monoisotopic (exact) mass is 204 g/mol. The van der Waals surface area contributed by atoms with Crippen molar-refractivity contribution >= 4 is 17.9 Å². The number of carbonyl (C=O) groups is 3. The van der Waals surface area contributed by atoms with Crippen LogP contribution in [0.5, 0.6) is 0 Å². The predicted molar refractivity (Wildman–Crippen MR) is 44.4 cm³/mol. The van der Waals surface area contributed by atoms with Crippen LogP contribution >= 0.6 is 0 Å². The van der Waals surface area contributed by atoms with Crippen molar-refractivity contribution in [2.45, 2.75) is 26.4 Å². The standard InChI is InChI=1S/C8H12O6/c1-5(9)13-4-3-7(8(11)12)14-6(2)10/h7H,3-4H2,1-2H3,(H,11,12)/t7-/m0/s1. The SMILES string of the molecule is CC(=O)OCC[C@H](OC(C)=O)C(=O)O. The molecule has 0 rings (SSSR count). The van der Waals surface area contributed by atoms with Gasteiger partial charge < -0.3 is 14.6 Å². The van der Waals surface area contributed by atoms with E-state index in [0.29, 0.717) is 0 Å². The maximum Gasteiger partial charge on any atom is 0.345 e. The van der Waals surface area contributed by atoms with E-state index < -0.39 is 24.0 Å². The molecule has 0 radical (unpaired) electrons. The molecule has 0 aliphatic rings. The molecule has 14 heavy (non-hydrogen) atoms. The number of hydrogen-bond acceptors (Lipinski definition) is 5. The van der Waals surface area contributed by atoms with Crippen molar-refractivity contribution in [3.8, 4) is 0 Å². The molecule has 0 amide bonds. The van der Waals surface area contributed by atoms with Crippen LogP contribution in [0.4, 0.5) is 0 Å². The lowest BCUT2D eigenvalue weighted by molar-refractivity contribution is -0.164. The summed E-state index contributed by atoms with van der Waals surface area (Å²) in [6, 6.07) is 0. The summed E-state index contributed by atoms with van der Waals surface area (Å²) in [7, 11) is 0. The van der Waals surface area contributed by atoms with Gasteiger partial charge in [0.1, 0.15) is 0 Å². The summed E-state index contributed by atoms with van der Waals surface area (Å²) >= 11 is 0. The van der Waals surface area contributed by atoms with Gasteiger partial charge in [0.15, 0.2) is 0 Å². The summed E-state index contributed by atoms with van der Waals surface area (Å²) in [5.74, 6) is -2.44. The minimum absolute atomic E-state index is 0.0471. The van der Waals surface area contributed by atoms with E-state index in [-0.39, 0.29) is 13.0 Å². The first kappa shape index (κ1) is 12.4. The van der Waals surface area contributed by atoms with Gasteiger partial charge in [-0.15, -0.1) is 0 Å². The molecular formula is C8H12O6. The van der Waals surface area contributed by atoms with Crippen molar-refractivity contribution in [3.63, 3.8) is 0 Å². The second kappa shape index (κ2) is 5.95. The molecule has 1 N–H and O–H groups in total. The van der Waals surface area contributed by atoms with Crippen LogP contribution in [0, 0.1) is 0 Å². The largest absolute Gasteiger partial charge is 0.479 e. The highest BCUT2D eigenvalue weighted by atomic mass is 16.6. The Morgan fingerprint density at radius 2 is 1.79 bits per heavy atom. The molecule has 6 heteroatoms. The van der Waals surface area contributed by atoms with Crippen molar-refractivity contribution in [1.29, 1.82) is 0 Å². The molecule has 0 saturated carbocycles. The first-order chi connectivity index (χ1) is 6.43. The third kappa shape index (κ3) is 5.99. The Hall–Kier alpha value is -1.59. The van der Waals surface area contributed by atoms with Crippen LogP contribution in [0.2, 0.25) is 0 Å². The second-order valence-electron chi connectivity index (χ2n) is 2.57. The average molecular weight is 204 g/mol. The fraction of sp³-hybridized carbons (Fsp3) is 0.625. The molecule has 80 valence electrons. The molecular weight excluding hydrogens is 192 g/mol. The predicted octanol–water partition coefficient (Wildman–Crippen LogP) is -0.0441. The van der Waals surface area contributed by atoms with E-state index in [1.54, 1.807) is 0 Å². The molecule has 1 atom stereocenters. The summed E-state index contributed by atoms with van der Waals surface area (Å²) in [6.07, 6.45) is -1.30. The fourth-order valence-electron chi connectivity index (χ4n) is 0.743. The minimum atomic E-state index is -1.26. The van der Waals surface area contributed by atoms with E-state index in [0.717, 1.165) is 6.92 Å². The highest BCUT2D eigenvalue weighted by Gasteiger charge is 2.20. The molecule has 0 unspecified atom stereocenters. The maximum atomic E-state index is 10.5. The number of aliphatic carboxylic acids is 1. The Kier molecular flexibility index (Phi) is 5.28. The summed E-state index contributed by atoms with van der Waals surface area (Å²) in [5, 5.41) is 8.57. The molecule has 0 aromatic rings. The molecule has 0 bridgehead atoms. The number of ether oxygens (including phenoxy) is 2. The fourth-order valence-corrected chi connectivity index (χ4v) is 0.743. The molecule has 0 heterocycles. The summed E-state index contributed by atoms with van der Waals surface area (Å²) < 4.78 is 8.97. The normalized spacial score (nSPS) is 11.6. The lowest BCUT2D eigenvalue weighted by atomic mass is 10.2. The molecule has 0 spiro atoms. The number of carbonyl (C=O) groups excluding carboxylic acids is 2. The zero-order valence-corrected chi connectivity index (χ0v) is 7.98. The van der Waals surface area contributed by atoms with Crippen molar-refractivity contribution in [2.75, 3.05) is 6.61 Å². The minimum Gasteiger partial charge on any atom is -0.479 e. The molecule has 0 aromatic heterocycles. The number of hydrogen-bond donors (Lipinski definition) is 1. The molecule has 0 saturated heterocycles. The molecule has 0 aromatic carbocycles. The number of rotatable bonds is 5. The van der Waals surface area contributed by atoms with Crippen LogP contribution in [-0.4, -0.2) is 35.7 Å². The van der Waals surface area contributed by atoms with E-state index in [2.05, 4.69) is 9.47 Å². The average Bonchev–Trinajstić information content (AvgIpc) is 2.00. The van der Waals surface area contributed by atoms with Gasteiger partial charge in [0.05, 0.1) is 6.61 Å². The van der Waals surface area contributed by atoms with E-state index in [1.807, 2.05) is 0 Å². The summed E-state index contributed by atoms with van der Waals surface area (Å²) in [5.41, 5.74) is 0. The topological polar surface area (TPSA) is 89.9 Å². The Balaban J connectivity index is 3.91. The first-order valence-electron chi connectivity index (χ1n) is 3.97. The first-order valence-corrected chi connectivity index (χ1v) is 3.97. The van der Waals surface area contributed by atoms with Gasteiger partial charge in [-0.2, -0.15) is 0 Å². The Bertz CT molecular complexity index is 234. The molecule has 0 aliphatic carbocycles. The Morgan fingerprint density at radius 3 is 2.14 bits per heavy atom. The number of carboxylic acid groups (broad SMARTS) is 1. The van der Waals surface area contributed by atoms with Gasteiger partial charge in [-0.25, -0.2) is 4.79 Å². The quantitative estimate of drug-likeness (QED) is 0.632. The van der Waals surface area contributed by atoms with Gasteiger partial charge in [0, 0.05) is 20.3 Å². The van der Waals surface area contributed by atoms with E-state index in [9.17, 15) is 14.4 Å². The third-order valence-corrected chi connectivity index (χ3v) is 1.27. The van der Waals surface area contributed by atoms with Crippen molar-refractivity contribution in [1.82, 2.24) is 0 Å². The zero-order valence-electron chi connectivity index (χ0n) is 7.98. The Labute approximate surface area is 80.8 Å². The second-order valence-corrected chi connectivity index (χ2v) is 2.57. The van der Waals surface area contributed by atoms with Crippen LogP contribution in [0.1, 0.15) is 20.3 Å². The van der Waals surface area contributed by atoms with Crippen molar-refractivity contribution < 1.29 is 29.0 Å². The highest BCUT2D eigenvalue weighted by molar-refractivity contribution is 5.76. The van der Waals surface area contributed by atoms with Gasteiger partial charge in [0.25, 0.3) is 0 Å². The molecule has 6 nitrogen and oxygen atoms in total. The van der Waals surface area contributed by atoms with Gasteiger partial charge in [-0.3, -0.25) is 9.59 Å². The third-order valence-electron chi connectivity index (χ3n) is 1.27. The smallest absolute Gasteiger partial charge is 0.345 e. The van der Waals surface area contributed by atoms with Crippen LogP contribution < -0.4 is 0 Å². The van der Waals surface area contributed by atoms with Gasteiger partial charge in [-0.05, 0) is 0 Å². The van der Waals surface area contributed by atoms with E-state index >= 15 is 0 Å². The van der Waals surface area contributed by atoms with E-state index in [4.69, 9.17) is 5.11 Å². The van der Waals surface area contributed by atoms with Crippen LogP contribution in [0.3, 0.4) is 0 Å². The summed E-state index contributed by atoms with van der Waals surface area (Å²) in [6.45, 7) is 2.24. The van der Waals surface area contributed by atoms with Gasteiger partial charge >= 0.3 is 17.9 Å². The zero-order chi connectivity index (χ0) is 11.1. The lowest BCUT2D eigenvalue weighted by Crippen LogP contribution is -2.27.